The Morgan fingerprint density at radius 2 is 2.03 bits per heavy atom. The Hall–Kier alpha value is -2.82. The van der Waals surface area contributed by atoms with Crippen molar-refractivity contribution in [3.05, 3.63) is 24.2 Å². The van der Waals surface area contributed by atoms with E-state index in [-0.39, 0.29) is 5.92 Å². The Morgan fingerprint density at radius 3 is 2.74 bits per heavy atom. The van der Waals surface area contributed by atoms with Gasteiger partial charge in [-0.25, -0.2) is 9.97 Å². The molecule has 0 saturated heterocycles. The van der Waals surface area contributed by atoms with E-state index >= 15 is 0 Å². The van der Waals surface area contributed by atoms with Gasteiger partial charge in [0.05, 0.1) is 24.0 Å². The summed E-state index contributed by atoms with van der Waals surface area (Å²) in [5.41, 5.74) is 1.04. The van der Waals surface area contributed by atoms with Crippen LogP contribution in [-0.4, -0.2) is 65.7 Å². The number of fused-ring (bicyclic) bond motifs is 2. The van der Waals surface area contributed by atoms with Gasteiger partial charge in [-0.15, -0.1) is 0 Å². The molecule has 0 aliphatic heterocycles. The molecule has 31 heavy (non-hydrogen) atoms. The number of aliphatic hydroxyl groups is 3. The number of hydrogen-bond acceptors (Lipinski definition) is 10. The van der Waals surface area contributed by atoms with Gasteiger partial charge in [-0.05, 0) is 32.1 Å². The second-order valence-electron chi connectivity index (χ2n) is 8.91. The van der Waals surface area contributed by atoms with Crippen molar-refractivity contribution < 1.29 is 19.7 Å². The van der Waals surface area contributed by atoms with Gasteiger partial charge in [0, 0.05) is 24.7 Å². The molecule has 10 heteroatoms. The molecule has 3 fully saturated rings. The van der Waals surface area contributed by atoms with Crippen LogP contribution >= 0.6 is 0 Å². The van der Waals surface area contributed by atoms with Crippen LogP contribution in [0, 0.1) is 18.8 Å². The van der Waals surface area contributed by atoms with Crippen molar-refractivity contribution in [2.45, 2.75) is 50.0 Å². The maximum Gasteiger partial charge on any atom is 0.232 e. The zero-order chi connectivity index (χ0) is 21.3. The third-order valence-electron chi connectivity index (χ3n) is 6.76. The fourth-order valence-corrected chi connectivity index (χ4v) is 4.65. The van der Waals surface area contributed by atoms with Crippen molar-refractivity contribution >= 4 is 22.9 Å². The molecule has 0 aromatic carbocycles. The first-order chi connectivity index (χ1) is 14.9. The third kappa shape index (κ3) is 2.97. The minimum Gasteiger partial charge on any atom is -0.436 e. The number of rotatable bonds is 6. The number of anilines is 2. The molecule has 0 radical (unpaired) electrons. The van der Waals surface area contributed by atoms with E-state index in [1.54, 1.807) is 18.5 Å². The van der Waals surface area contributed by atoms with Gasteiger partial charge in [0.1, 0.15) is 28.6 Å². The monoisotopic (exact) mass is 424 g/mol. The van der Waals surface area contributed by atoms with Gasteiger partial charge in [-0.2, -0.15) is 4.98 Å². The second kappa shape index (κ2) is 6.59. The third-order valence-corrected chi connectivity index (χ3v) is 6.76. The highest BCUT2D eigenvalue weighted by molar-refractivity contribution is 5.80. The molecule has 1 unspecified atom stereocenters. The van der Waals surface area contributed by atoms with E-state index in [0.717, 1.165) is 6.54 Å². The molecule has 5 atom stereocenters. The Bertz CT molecular complexity index is 1130. The van der Waals surface area contributed by atoms with Crippen molar-refractivity contribution in [3.8, 4) is 11.5 Å². The predicted octanol–water partition coefficient (Wildman–Crippen LogP) is 1.08. The van der Waals surface area contributed by atoms with Gasteiger partial charge >= 0.3 is 0 Å². The highest BCUT2D eigenvalue weighted by atomic mass is 16.4. The van der Waals surface area contributed by atoms with Gasteiger partial charge in [-0.3, -0.25) is 4.98 Å². The normalized spacial score (nSPS) is 31.6. The average molecular weight is 424 g/mol. The first-order valence-electron chi connectivity index (χ1n) is 10.6. The summed E-state index contributed by atoms with van der Waals surface area (Å²) in [6.07, 6.45) is 4.13. The molecule has 0 bridgehead atoms. The van der Waals surface area contributed by atoms with Crippen LogP contribution in [-0.2, 0) is 0 Å². The van der Waals surface area contributed by atoms with Crippen LogP contribution in [0.3, 0.4) is 0 Å². The fraction of sp³-hybridized carbons (Fsp3) is 0.524. The van der Waals surface area contributed by atoms with Crippen molar-refractivity contribution in [2.24, 2.45) is 11.8 Å². The lowest BCUT2D eigenvalue weighted by Gasteiger charge is -2.25. The topological polar surface area (TPSA) is 149 Å². The zero-order valence-electron chi connectivity index (χ0n) is 17.0. The number of aliphatic hydroxyl groups excluding tert-OH is 2. The van der Waals surface area contributed by atoms with E-state index in [9.17, 15) is 15.3 Å². The molecule has 162 valence electrons. The molecule has 0 spiro atoms. The lowest BCUT2D eigenvalue weighted by Crippen LogP contribution is -2.42. The molecule has 3 aromatic heterocycles. The maximum absolute atomic E-state index is 10.6. The maximum atomic E-state index is 10.6. The quantitative estimate of drug-likeness (QED) is 0.389. The summed E-state index contributed by atoms with van der Waals surface area (Å²) in [5, 5.41) is 37.5. The Morgan fingerprint density at radius 1 is 1.19 bits per heavy atom. The molecule has 6 rings (SSSR count). The van der Waals surface area contributed by atoms with E-state index < -0.39 is 23.9 Å². The molecule has 3 heterocycles. The minimum atomic E-state index is -1.45. The van der Waals surface area contributed by atoms with E-state index in [1.807, 2.05) is 6.92 Å². The van der Waals surface area contributed by atoms with Gasteiger partial charge < -0.3 is 30.4 Å². The van der Waals surface area contributed by atoms with Crippen molar-refractivity contribution in [3.63, 3.8) is 0 Å². The summed E-state index contributed by atoms with van der Waals surface area (Å²) < 4.78 is 5.94. The molecule has 3 aliphatic rings. The summed E-state index contributed by atoms with van der Waals surface area (Å²) in [4.78, 5) is 17.9. The smallest absolute Gasteiger partial charge is 0.232 e. The van der Waals surface area contributed by atoms with Crippen molar-refractivity contribution in [1.82, 2.24) is 19.9 Å². The molecule has 3 saturated carbocycles. The predicted molar refractivity (Wildman–Crippen MR) is 111 cm³/mol. The molecular formula is C21H24N6O4. The van der Waals surface area contributed by atoms with E-state index in [4.69, 9.17) is 4.42 Å². The summed E-state index contributed by atoms with van der Waals surface area (Å²) in [5.74, 6) is 1.63. The van der Waals surface area contributed by atoms with Crippen molar-refractivity contribution in [2.75, 3.05) is 17.2 Å². The largest absolute Gasteiger partial charge is 0.436 e. The molecular weight excluding hydrogens is 400 g/mol. The van der Waals surface area contributed by atoms with Gasteiger partial charge in [0.25, 0.3) is 0 Å². The molecule has 3 aromatic rings. The number of pyridine rings is 1. The highest BCUT2D eigenvalue weighted by Crippen LogP contribution is 2.56. The van der Waals surface area contributed by atoms with Crippen molar-refractivity contribution in [1.29, 1.82) is 0 Å². The molecule has 3 aliphatic carbocycles. The lowest BCUT2D eigenvalue weighted by atomic mass is 10.1. The molecule has 5 N–H and O–H groups in total. The second-order valence-corrected chi connectivity index (χ2v) is 8.91. The van der Waals surface area contributed by atoms with Gasteiger partial charge in [0.2, 0.25) is 11.8 Å². The van der Waals surface area contributed by atoms with Crippen LogP contribution in [0.25, 0.3) is 22.6 Å². The van der Waals surface area contributed by atoms with E-state index in [1.165, 1.54) is 12.8 Å². The number of nitrogens with one attached hydrogen (secondary N) is 2. The fourth-order valence-electron chi connectivity index (χ4n) is 4.65. The first-order valence-corrected chi connectivity index (χ1v) is 10.6. The van der Waals surface area contributed by atoms with Crippen LogP contribution in [0.5, 0.6) is 0 Å². The minimum absolute atomic E-state index is 0.339. The number of aromatic nitrogens is 4. The zero-order valence-corrected chi connectivity index (χ0v) is 17.0. The molecule has 10 nitrogen and oxygen atoms in total. The van der Waals surface area contributed by atoms with E-state index in [0.29, 0.717) is 52.4 Å². The number of oxazole rings is 1. The number of nitrogens with zero attached hydrogens (tertiary/aromatic N) is 4. The van der Waals surface area contributed by atoms with E-state index in [2.05, 4.69) is 30.6 Å². The lowest BCUT2D eigenvalue weighted by molar-refractivity contribution is -0.0262. The first kappa shape index (κ1) is 18.9. The van der Waals surface area contributed by atoms with Crippen LogP contribution < -0.4 is 10.6 Å². The average Bonchev–Trinajstić information content (AvgIpc) is 3.58. The standard InChI is InChI=1S/C21H24N6O4/c1-9-15(19-26-13-8-22-5-4-14(13)31-19)18(27-20(24-9)23-7-10-2-3-10)25-12-6-11-16(28)21(11,30)17(12)29/h4-5,8,10-12,16-17,28-30H,2-3,6-7H2,1H3,(H2,23,24,25,27)/t11-,12-,16?,17+,21+/m1/s1. The van der Waals surface area contributed by atoms with Crippen LogP contribution in [0.1, 0.15) is 25.0 Å². The Balaban J connectivity index is 1.37. The van der Waals surface area contributed by atoms with Gasteiger partial charge in [-0.1, -0.05) is 0 Å². The summed E-state index contributed by atoms with van der Waals surface area (Å²) in [6, 6.07) is 1.28. The van der Waals surface area contributed by atoms with Crippen LogP contribution in [0.2, 0.25) is 0 Å². The molecule has 0 amide bonds. The van der Waals surface area contributed by atoms with Crippen LogP contribution in [0.4, 0.5) is 11.8 Å². The Kier molecular flexibility index (Phi) is 4.02. The van der Waals surface area contributed by atoms with Crippen LogP contribution in [0.15, 0.2) is 22.9 Å². The summed E-state index contributed by atoms with van der Waals surface area (Å²) >= 11 is 0. The highest BCUT2D eigenvalue weighted by Gasteiger charge is 2.74. The number of hydrogen-bond donors (Lipinski definition) is 5. The number of aryl methyl sites for hydroxylation is 1. The summed E-state index contributed by atoms with van der Waals surface area (Å²) in [6.45, 7) is 2.67. The SMILES string of the molecule is Cc1nc(NCC2CC2)nc(N[C@@H]2C[C@@H]3C(O)[C@]3(O)[C@H]2O)c1-c1nc2cnccc2o1. The van der Waals surface area contributed by atoms with Gasteiger partial charge in [0.15, 0.2) is 5.58 Å². The summed E-state index contributed by atoms with van der Waals surface area (Å²) in [7, 11) is 0. The Labute approximate surface area is 177 Å².